The Bertz CT molecular complexity index is 428. The van der Waals surface area contributed by atoms with Crippen LogP contribution in [-0.2, 0) is 11.2 Å². The van der Waals surface area contributed by atoms with Gasteiger partial charge in [0.05, 0.1) is 0 Å². The second-order valence-corrected chi connectivity index (χ2v) is 6.72. The molecule has 1 aromatic rings. The number of rotatable bonds is 14. The molecule has 1 rings (SSSR count). The van der Waals surface area contributed by atoms with Gasteiger partial charge in [-0.25, -0.2) is 0 Å². The van der Waals surface area contributed by atoms with E-state index in [9.17, 15) is 4.79 Å². The first-order valence-electron chi connectivity index (χ1n) is 9.85. The van der Waals surface area contributed by atoms with Gasteiger partial charge in [-0.15, -0.1) is 0 Å². The average Bonchev–Trinajstić information content (AvgIpc) is 2.59. The van der Waals surface area contributed by atoms with E-state index in [1.165, 1.54) is 56.9 Å². The highest BCUT2D eigenvalue weighted by molar-refractivity contribution is 5.90. The van der Waals surface area contributed by atoms with Crippen LogP contribution in [0.3, 0.4) is 0 Å². The molecule has 0 heterocycles. The normalized spacial score (nSPS) is 10.8. The molecule has 3 N–H and O–H groups in total. The van der Waals surface area contributed by atoms with Gasteiger partial charge in [0.25, 0.3) is 0 Å². The third-order valence-corrected chi connectivity index (χ3v) is 4.41. The molecule has 0 saturated heterocycles. The van der Waals surface area contributed by atoms with E-state index in [4.69, 9.17) is 5.73 Å². The van der Waals surface area contributed by atoms with Gasteiger partial charge in [0.15, 0.2) is 0 Å². The maximum absolute atomic E-state index is 11.8. The van der Waals surface area contributed by atoms with Crippen LogP contribution in [0.2, 0.25) is 0 Å². The van der Waals surface area contributed by atoms with Crippen LogP contribution in [0.1, 0.15) is 83.1 Å². The number of aryl methyl sites for hydroxylation is 1. The van der Waals surface area contributed by atoms with E-state index in [1.807, 2.05) is 12.1 Å². The molecule has 0 saturated carbocycles. The quantitative estimate of drug-likeness (QED) is 0.446. The minimum absolute atomic E-state index is 0.0827. The van der Waals surface area contributed by atoms with Crippen molar-refractivity contribution in [2.45, 2.75) is 84.0 Å². The van der Waals surface area contributed by atoms with Crippen LogP contribution in [0, 0.1) is 0 Å². The van der Waals surface area contributed by atoms with Crippen LogP contribution in [0.4, 0.5) is 5.69 Å². The standard InChI is InChI=1S/C21H36N2O/c1-2-3-4-5-6-7-8-9-12-19-14-16-20(17-15-19)23-21(24)13-10-11-18-22/h14-17H,2-13,18,22H2,1H3,(H,23,24). The molecule has 136 valence electrons. The number of carbonyl (C=O) groups is 1. The minimum atomic E-state index is 0.0827. The van der Waals surface area contributed by atoms with Crippen LogP contribution in [0.5, 0.6) is 0 Å². The minimum Gasteiger partial charge on any atom is -0.330 e. The molecule has 0 bridgehead atoms. The first kappa shape index (κ1) is 20.7. The molecule has 0 aliphatic heterocycles. The largest absolute Gasteiger partial charge is 0.330 e. The van der Waals surface area contributed by atoms with Crippen molar-refractivity contribution in [3.63, 3.8) is 0 Å². The number of hydrogen-bond donors (Lipinski definition) is 2. The maximum atomic E-state index is 11.8. The number of nitrogens with one attached hydrogen (secondary N) is 1. The fourth-order valence-electron chi connectivity index (χ4n) is 2.87. The Morgan fingerprint density at radius 2 is 1.50 bits per heavy atom. The van der Waals surface area contributed by atoms with Gasteiger partial charge in [-0.2, -0.15) is 0 Å². The molecule has 1 aromatic carbocycles. The zero-order valence-electron chi connectivity index (χ0n) is 15.5. The first-order valence-corrected chi connectivity index (χ1v) is 9.85. The summed E-state index contributed by atoms with van der Waals surface area (Å²) in [5.41, 5.74) is 7.70. The van der Waals surface area contributed by atoms with Crippen molar-refractivity contribution in [2.24, 2.45) is 5.73 Å². The number of nitrogens with two attached hydrogens (primary N) is 1. The van der Waals surface area contributed by atoms with Crippen molar-refractivity contribution in [3.05, 3.63) is 29.8 Å². The third kappa shape index (κ3) is 10.4. The summed E-state index contributed by atoms with van der Waals surface area (Å²) < 4.78 is 0. The smallest absolute Gasteiger partial charge is 0.224 e. The lowest BCUT2D eigenvalue weighted by molar-refractivity contribution is -0.116. The summed E-state index contributed by atoms with van der Waals surface area (Å²) in [6.07, 6.45) is 14.3. The van der Waals surface area contributed by atoms with Crippen LogP contribution in [0.15, 0.2) is 24.3 Å². The molecule has 0 radical (unpaired) electrons. The Morgan fingerprint density at radius 3 is 2.12 bits per heavy atom. The summed E-state index contributed by atoms with van der Waals surface area (Å²) in [7, 11) is 0. The number of unbranched alkanes of at least 4 members (excludes halogenated alkanes) is 8. The summed E-state index contributed by atoms with van der Waals surface area (Å²) in [5, 5.41) is 2.95. The summed E-state index contributed by atoms with van der Waals surface area (Å²) in [4.78, 5) is 11.8. The molecule has 0 fully saturated rings. The highest BCUT2D eigenvalue weighted by Crippen LogP contribution is 2.14. The van der Waals surface area contributed by atoms with Crippen molar-refractivity contribution >= 4 is 11.6 Å². The van der Waals surface area contributed by atoms with Crippen molar-refractivity contribution in [3.8, 4) is 0 Å². The lowest BCUT2D eigenvalue weighted by Gasteiger charge is -2.07. The molecule has 0 unspecified atom stereocenters. The molecule has 0 atom stereocenters. The fraction of sp³-hybridized carbons (Fsp3) is 0.667. The van der Waals surface area contributed by atoms with Crippen molar-refractivity contribution in [1.29, 1.82) is 0 Å². The molecule has 0 aliphatic rings. The molecule has 0 aromatic heterocycles. The highest BCUT2D eigenvalue weighted by atomic mass is 16.1. The van der Waals surface area contributed by atoms with Gasteiger partial charge >= 0.3 is 0 Å². The number of anilines is 1. The Balaban J connectivity index is 2.12. The summed E-state index contributed by atoms with van der Waals surface area (Å²) >= 11 is 0. The second kappa shape index (κ2) is 14.0. The van der Waals surface area contributed by atoms with E-state index in [-0.39, 0.29) is 5.91 Å². The van der Waals surface area contributed by atoms with Crippen LogP contribution in [0.25, 0.3) is 0 Å². The van der Waals surface area contributed by atoms with Gasteiger partial charge in [-0.1, -0.05) is 64.0 Å². The van der Waals surface area contributed by atoms with Crippen molar-refractivity contribution in [2.75, 3.05) is 11.9 Å². The summed E-state index contributed by atoms with van der Waals surface area (Å²) in [6.45, 7) is 2.92. The number of benzene rings is 1. The van der Waals surface area contributed by atoms with E-state index in [1.54, 1.807) is 0 Å². The summed E-state index contributed by atoms with van der Waals surface area (Å²) in [5.74, 6) is 0.0827. The van der Waals surface area contributed by atoms with Gasteiger partial charge in [0.1, 0.15) is 0 Å². The lowest BCUT2D eigenvalue weighted by atomic mass is 10.0. The molecular formula is C21H36N2O. The molecule has 1 amide bonds. The average molecular weight is 333 g/mol. The van der Waals surface area contributed by atoms with E-state index < -0.39 is 0 Å². The predicted octanol–water partition coefficient (Wildman–Crippen LogP) is 5.44. The maximum Gasteiger partial charge on any atom is 0.224 e. The van der Waals surface area contributed by atoms with Crippen molar-refractivity contribution < 1.29 is 4.79 Å². The Labute approximate surface area is 148 Å². The van der Waals surface area contributed by atoms with Crippen LogP contribution in [-0.4, -0.2) is 12.5 Å². The Morgan fingerprint density at radius 1 is 0.875 bits per heavy atom. The Hall–Kier alpha value is -1.35. The zero-order chi connectivity index (χ0) is 17.5. The van der Waals surface area contributed by atoms with Gasteiger partial charge in [0.2, 0.25) is 5.91 Å². The van der Waals surface area contributed by atoms with Gasteiger partial charge < -0.3 is 11.1 Å². The zero-order valence-corrected chi connectivity index (χ0v) is 15.5. The molecule has 3 heteroatoms. The SMILES string of the molecule is CCCCCCCCCCc1ccc(NC(=O)CCCCN)cc1. The second-order valence-electron chi connectivity index (χ2n) is 6.72. The monoisotopic (exact) mass is 332 g/mol. The molecular weight excluding hydrogens is 296 g/mol. The van der Waals surface area contributed by atoms with Gasteiger partial charge in [-0.05, 0) is 49.9 Å². The van der Waals surface area contributed by atoms with E-state index in [0.29, 0.717) is 13.0 Å². The molecule has 0 spiro atoms. The first-order chi connectivity index (χ1) is 11.8. The van der Waals surface area contributed by atoms with E-state index >= 15 is 0 Å². The molecule has 0 aliphatic carbocycles. The van der Waals surface area contributed by atoms with Crippen LogP contribution < -0.4 is 11.1 Å². The molecule has 24 heavy (non-hydrogen) atoms. The fourth-order valence-corrected chi connectivity index (χ4v) is 2.87. The third-order valence-electron chi connectivity index (χ3n) is 4.41. The van der Waals surface area contributed by atoms with Crippen LogP contribution >= 0.6 is 0 Å². The van der Waals surface area contributed by atoms with E-state index in [0.717, 1.165) is 24.9 Å². The number of hydrogen-bond acceptors (Lipinski definition) is 2. The number of amides is 1. The summed E-state index contributed by atoms with van der Waals surface area (Å²) in [6, 6.07) is 8.30. The molecule has 3 nitrogen and oxygen atoms in total. The van der Waals surface area contributed by atoms with E-state index in [2.05, 4.69) is 24.4 Å². The van der Waals surface area contributed by atoms with Crippen molar-refractivity contribution in [1.82, 2.24) is 0 Å². The van der Waals surface area contributed by atoms with Gasteiger partial charge in [-0.3, -0.25) is 4.79 Å². The predicted molar refractivity (Wildman–Crippen MR) is 104 cm³/mol. The highest BCUT2D eigenvalue weighted by Gasteiger charge is 2.02. The van der Waals surface area contributed by atoms with Gasteiger partial charge in [0, 0.05) is 12.1 Å². The topological polar surface area (TPSA) is 55.1 Å². The Kier molecular flexibility index (Phi) is 12.1. The lowest BCUT2D eigenvalue weighted by Crippen LogP contribution is -2.11. The number of carbonyl (C=O) groups excluding carboxylic acids is 1.